The first-order valence-electron chi connectivity index (χ1n) is 5.07. The molecule has 0 aliphatic carbocycles. The van der Waals surface area contributed by atoms with Crippen molar-refractivity contribution >= 4 is 0 Å². The van der Waals surface area contributed by atoms with Crippen LogP contribution in [0, 0.1) is 5.92 Å². The Kier molecular flexibility index (Phi) is 1.92. The van der Waals surface area contributed by atoms with Crippen molar-refractivity contribution in [1.29, 1.82) is 0 Å². The molecule has 2 heteroatoms. The zero-order chi connectivity index (χ0) is 8.77. The minimum absolute atomic E-state index is 0.366. The van der Waals surface area contributed by atoms with E-state index in [-0.39, 0.29) is 0 Å². The zero-order valence-corrected chi connectivity index (χ0v) is 8.43. The molecule has 2 fully saturated rings. The molecule has 0 amide bonds. The number of hydrogen-bond donors (Lipinski definition) is 1. The van der Waals surface area contributed by atoms with Crippen molar-refractivity contribution in [3.05, 3.63) is 0 Å². The van der Waals surface area contributed by atoms with Crippen LogP contribution in [0.4, 0.5) is 0 Å². The number of likely N-dealkylation sites (N-methyl/N-ethyl adjacent to an activating group) is 1. The van der Waals surface area contributed by atoms with Gasteiger partial charge >= 0.3 is 0 Å². The Labute approximate surface area is 75.3 Å². The molecule has 0 aromatic heterocycles. The molecule has 2 rings (SSSR count). The average Bonchev–Trinajstić information content (AvgIpc) is 2.25. The summed E-state index contributed by atoms with van der Waals surface area (Å²) < 4.78 is 0. The minimum atomic E-state index is 0.366. The topological polar surface area (TPSA) is 15.3 Å². The predicted octanol–water partition coefficient (Wildman–Crippen LogP) is 1.08. The maximum Gasteiger partial charge on any atom is 0.0306 e. The third-order valence-electron chi connectivity index (χ3n) is 3.84. The highest BCUT2D eigenvalue weighted by Crippen LogP contribution is 2.35. The molecular weight excluding hydrogens is 148 g/mol. The van der Waals surface area contributed by atoms with Crippen LogP contribution in [0.15, 0.2) is 0 Å². The highest BCUT2D eigenvalue weighted by atomic mass is 15.2. The van der Waals surface area contributed by atoms with Gasteiger partial charge in [0.2, 0.25) is 0 Å². The summed E-state index contributed by atoms with van der Waals surface area (Å²) in [4.78, 5) is 2.50. The lowest BCUT2D eigenvalue weighted by Crippen LogP contribution is -2.52. The summed E-state index contributed by atoms with van der Waals surface area (Å²) in [5.74, 6) is 0.902. The molecule has 2 nitrogen and oxygen atoms in total. The summed E-state index contributed by atoms with van der Waals surface area (Å²) in [7, 11) is 2.25. The Morgan fingerprint density at radius 3 is 2.83 bits per heavy atom. The molecule has 2 unspecified atom stereocenters. The lowest BCUT2D eigenvalue weighted by atomic mass is 9.84. The SMILES string of the molecule is CN1CC2CCCNC2C1(C)C. The number of rotatable bonds is 0. The Morgan fingerprint density at radius 2 is 2.17 bits per heavy atom. The standard InChI is InChI=1S/C10H20N2/c1-10(2)9-8(7-12(10)3)5-4-6-11-9/h8-9,11H,4-7H2,1-3H3. The van der Waals surface area contributed by atoms with Crippen molar-refractivity contribution in [2.45, 2.75) is 38.3 Å². The molecule has 12 heavy (non-hydrogen) atoms. The molecule has 2 aliphatic rings. The Bertz CT molecular complexity index is 177. The first-order chi connectivity index (χ1) is 5.62. The van der Waals surface area contributed by atoms with Crippen LogP contribution in [-0.2, 0) is 0 Å². The summed E-state index contributed by atoms with van der Waals surface area (Å²) in [6.07, 6.45) is 2.79. The van der Waals surface area contributed by atoms with Crippen LogP contribution in [0.25, 0.3) is 0 Å². The van der Waals surface area contributed by atoms with Gasteiger partial charge < -0.3 is 5.32 Å². The molecule has 2 saturated heterocycles. The van der Waals surface area contributed by atoms with Gasteiger partial charge in [0.25, 0.3) is 0 Å². The second-order valence-corrected chi connectivity index (χ2v) is 4.87. The summed E-state index contributed by atoms with van der Waals surface area (Å²) in [6.45, 7) is 7.22. The van der Waals surface area contributed by atoms with Gasteiger partial charge in [-0.25, -0.2) is 0 Å². The molecule has 70 valence electrons. The second kappa shape index (κ2) is 2.71. The van der Waals surface area contributed by atoms with Gasteiger partial charge in [0, 0.05) is 18.1 Å². The normalized spacial score (nSPS) is 41.2. The lowest BCUT2D eigenvalue weighted by Gasteiger charge is -2.37. The third kappa shape index (κ3) is 1.09. The van der Waals surface area contributed by atoms with Crippen molar-refractivity contribution in [3.8, 4) is 0 Å². The van der Waals surface area contributed by atoms with Crippen molar-refractivity contribution in [3.63, 3.8) is 0 Å². The van der Waals surface area contributed by atoms with Gasteiger partial charge in [0.15, 0.2) is 0 Å². The maximum atomic E-state index is 3.66. The fourth-order valence-electron chi connectivity index (χ4n) is 2.80. The van der Waals surface area contributed by atoms with Crippen molar-refractivity contribution in [1.82, 2.24) is 10.2 Å². The van der Waals surface area contributed by atoms with Crippen LogP contribution in [0.3, 0.4) is 0 Å². The first-order valence-corrected chi connectivity index (χ1v) is 5.07. The Balaban J connectivity index is 2.16. The summed E-state index contributed by atoms with van der Waals surface area (Å²) in [5.41, 5.74) is 0.366. The van der Waals surface area contributed by atoms with E-state index in [0.29, 0.717) is 5.54 Å². The smallest absolute Gasteiger partial charge is 0.0306 e. The minimum Gasteiger partial charge on any atom is -0.312 e. The zero-order valence-electron chi connectivity index (χ0n) is 8.43. The number of nitrogens with one attached hydrogen (secondary N) is 1. The van der Waals surface area contributed by atoms with E-state index in [4.69, 9.17) is 0 Å². The number of fused-ring (bicyclic) bond motifs is 1. The molecule has 0 saturated carbocycles. The predicted molar refractivity (Wildman–Crippen MR) is 51.2 cm³/mol. The van der Waals surface area contributed by atoms with E-state index in [1.807, 2.05) is 0 Å². The monoisotopic (exact) mass is 168 g/mol. The summed E-state index contributed by atoms with van der Waals surface area (Å²) in [6, 6.07) is 0.733. The van der Waals surface area contributed by atoms with Gasteiger partial charge in [0.05, 0.1) is 0 Å². The van der Waals surface area contributed by atoms with E-state index >= 15 is 0 Å². The van der Waals surface area contributed by atoms with Crippen molar-refractivity contribution in [2.75, 3.05) is 20.1 Å². The van der Waals surface area contributed by atoms with Crippen LogP contribution >= 0.6 is 0 Å². The largest absolute Gasteiger partial charge is 0.312 e. The molecule has 2 heterocycles. The van der Waals surface area contributed by atoms with Crippen molar-refractivity contribution in [2.24, 2.45) is 5.92 Å². The van der Waals surface area contributed by atoms with Crippen LogP contribution in [-0.4, -0.2) is 36.6 Å². The molecule has 2 aliphatic heterocycles. The van der Waals surface area contributed by atoms with E-state index in [0.717, 1.165) is 12.0 Å². The molecule has 2 atom stereocenters. The fraction of sp³-hybridized carbons (Fsp3) is 1.00. The molecular formula is C10H20N2. The van der Waals surface area contributed by atoms with Gasteiger partial charge in [-0.1, -0.05) is 0 Å². The quantitative estimate of drug-likeness (QED) is 0.582. The molecule has 0 radical (unpaired) electrons. The highest BCUT2D eigenvalue weighted by Gasteiger charge is 2.46. The highest BCUT2D eigenvalue weighted by molar-refractivity contribution is 5.04. The van der Waals surface area contributed by atoms with E-state index in [1.54, 1.807) is 0 Å². The molecule has 0 bridgehead atoms. The number of hydrogen-bond acceptors (Lipinski definition) is 2. The molecule has 0 spiro atoms. The van der Waals surface area contributed by atoms with Crippen LogP contribution < -0.4 is 5.32 Å². The lowest BCUT2D eigenvalue weighted by molar-refractivity contribution is 0.180. The van der Waals surface area contributed by atoms with Crippen LogP contribution in [0.5, 0.6) is 0 Å². The molecule has 0 aromatic rings. The Morgan fingerprint density at radius 1 is 1.42 bits per heavy atom. The van der Waals surface area contributed by atoms with E-state index < -0.39 is 0 Å². The van der Waals surface area contributed by atoms with Gasteiger partial charge in [-0.05, 0) is 46.2 Å². The van der Waals surface area contributed by atoms with Crippen LogP contribution in [0.1, 0.15) is 26.7 Å². The number of likely N-dealkylation sites (tertiary alicyclic amines) is 1. The second-order valence-electron chi connectivity index (χ2n) is 4.87. The molecule has 0 aromatic carbocycles. The van der Waals surface area contributed by atoms with Gasteiger partial charge in [-0.3, -0.25) is 4.90 Å². The third-order valence-corrected chi connectivity index (χ3v) is 3.84. The van der Waals surface area contributed by atoms with E-state index in [9.17, 15) is 0 Å². The Hall–Kier alpha value is -0.0800. The van der Waals surface area contributed by atoms with Gasteiger partial charge in [0.1, 0.15) is 0 Å². The molecule has 1 N–H and O–H groups in total. The first kappa shape index (κ1) is 8.52. The van der Waals surface area contributed by atoms with Gasteiger partial charge in [-0.15, -0.1) is 0 Å². The van der Waals surface area contributed by atoms with E-state index in [2.05, 4.69) is 31.1 Å². The van der Waals surface area contributed by atoms with Crippen LogP contribution in [0.2, 0.25) is 0 Å². The number of piperidine rings is 1. The summed E-state index contributed by atoms with van der Waals surface area (Å²) >= 11 is 0. The number of nitrogens with zero attached hydrogens (tertiary/aromatic N) is 1. The fourth-order valence-corrected chi connectivity index (χ4v) is 2.80. The van der Waals surface area contributed by atoms with Crippen molar-refractivity contribution < 1.29 is 0 Å². The maximum absolute atomic E-state index is 3.66. The van der Waals surface area contributed by atoms with E-state index in [1.165, 1.54) is 25.9 Å². The summed E-state index contributed by atoms with van der Waals surface area (Å²) in [5, 5.41) is 3.66. The average molecular weight is 168 g/mol. The van der Waals surface area contributed by atoms with Gasteiger partial charge in [-0.2, -0.15) is 0 Å².